The van der Waals surface area contributed by atoms with Crippen molar-refractivity contribution in [3.63, 3.8) is 0 Å². The van der Waals surface area contributed by atoms with Crippen LogP contribution in [0.2, 0.25) is 0 Å². The Morgan fingerprint density at radius 3 is 2.67 bits per heavy atom. The van der Waals surface area contributed by atoms with E-state index < -0.39 is 0 Å². The molecule has 12 heavy (non-hydrogen) atoms. The second kappa shape index (κ2) is 5.31. The molecule has 1 rings (SSSR count). The molecule has 2 heteroatoms. The molecule has 0 amide bonds. The van der Waals surface area contributed by atoms with Crippen molar-refractivity contribution in [2.45, 2.75) is 39.0 Å². The number of ketones is 1. The number of ether oxygens (including phenoxy) is 1. The van der Waals surface area contributed by atoms with Crippen molar-refractivity contribution in [3.05, 3.63) is 0 Å². The summed E-state index contributed by atoms with van der Waals surface area (Å²) in [5.74, 6) is 0.999. The summed E-state index contributed by atoms with van der Waals surface area (Å²) in [4.78, 5) is 10.6. The van der Waals surface area contributed by atoms with E-state index in [0.29, 0.717) is 13.0 Å². The highest BCUT2D eigenvalue weighted by Gasteiger charge is 2.14. The SMILES string of the molecule is CC(=O)CCOCC1CCCC1. The van der Waals surface area contributed by atoms with Gasteiger partial charge in [0, 0.05) is 13.0 Å². The van der Waals surface area contributed by atoms with Gasteiger partial charge in [-0.25, -0.2) is 0 Å². The van der Waals surface area contributed by atoms with Crippen molar-refractivity contribution in [2.75, 3.05) is 13.2 Å². The third-order valence-electron chi connectivity index (χ3n) is 2.43. The second-order valence-electron chi connectivity index (χ2n) is 3.68. The number of rotatable bonds is 5. The molecule has 1 aliphatic rings. The predicted molar refractivity (Wildman–Crippen MR) is 48.1 cm³/mol. The molecule has 0 spiro atoms. The van der Waals surface area contributed by atoms with Gasteiger partial charge in [0.25, 0.3) is 0 Å². The molecule has 0 aromatic rings. The molecule has 70 valence electrons. The number of hydrogen-bond acceptors (Lipinski definition) is 2. The quantitative estimate of drug-likeness (QED) is 0.591. The Bertz CT molecular complexity index is 137. The van der Waals surface area contributed by atoms with Gasteiger partial charge in [-0.3, -0.25) is 4.79 Å². The predicted octanol–water partition coefficient (Wildman–Crippen LogP) is 2.17. The van der Waals surface area contributed by atoms with Crippen LogP contribution in [-0.2, 0) is 9.53 Å². The summed E-state index contributed by atoms with van der Waals surface area (Å²) in [5, 5.41) is 0. The molecular weight excluding hydrogens is 152 g/mol. The van der Waals surface area contributed by atoms with Gasteiger partial charge in [-0.1, -0.05) is 12.8 Å². The molecule has 0 radical (unpaired) electrons. The fourth-order valence-electron chi connectivity index (χ4n) is 1.64. The lowest BCUT2D eigenvalue weighted by atomic mass is 10.1. The Morgan fingerprint density at radius 1 is 1.42 bits per heavy atom. The first kappa shape index (κ1) is 9.72. The lowest BCUT2D eigenvalue weighted by Crippen LogP contribution is -2.08. The van der Waals surface area contributed by atoms with Crippen LogP contribution in [0.1, 0.15) is 39.0 Å². The van der Waals surface area contributed by atoms with Crippen LogP contribution in [-0.4, -0.2) is 19.0 Å². The Labute approximate surface area is 74.3 Å². The van der Waals surface area contributed by atoms with Crippen LogP contribution in [0.3, 0.4) is 0 Å². The van der Waals surface area contributed by atoms with Gasteiger partial charge in [-0.2, -0.15) is 0 Å². The Balaban J connectivity index is 1.91. The van der Waals surface area contributed by atoms with Gasteiger partial charge in [0.2, 0.25) is 0 Å². The zero-order valence-corrected chi connectivity index (χ0v) is 7.84. The Morgan fingerprint density at radius 2 is 2.08 bits per heavy atom. The van der Waals surface area contributed by atoms with Crippen LogP contribution in [0.25, 0.3) is 0 Å². The van der Waals surface area contributed by atoms with Crippen molar-refractivity contribution in [3.8, 4) is 0 Å². The van der Waals surface area contributed by atoms with Crippen molar-refractivity contribution >= 4 is 5.78 Å². The van der Waals surface area contributed by atoms with Gasteiger partial charge in [0.05, 0.1) is 6.61 Å². The molecule has 0 aromatic carbocycles. The standard InChI is InChI=1S/C10H18O2/c1-9(11)6-7-12-8-10-4-2-3-5-10/h10H,2-8H2,1H3. The smallest absolute Gasteiger partial charge is 0.132 e. The maximum absolute atomic E-state index is 10.6. The first-order valence-corrected chi connectivity index (χ1v) is 4.86. The Kier molecular flexibility index (Phi) is 4.30. The Hall–Kier alpha value is -0.370. The first-order chi connectivity index (χ1) is 5.79. The second-order valence-corrected chi connectivity index (χ2v) is 3.68. The van der Waals surface area contributed by atoms with E-state index in [0.717, 1.165) is 12.5 Å². The lowest BCUT2D eigenvalue weighted by Gasteiger charge is -2.08. The topological polar surface area (TPSA) is 26.3 Å². The molecule has 0 aliphatic heterocycles. The minimum Gasteiger partial charge on any atom is -0.381 e. The molecular formula is C10H18O2. The summed E-state index contributed by atoms with van der Waals surface area (Å²) in [5.41, 5.74) is 0. The summed E-state index contributed by atoms with van der Waals surface area (Å²) in [7, 11) is 0. The van der Waals surface area contributed by atoms with Gasteiger partial charge in [-0.05, 0) is 25.7 Å². The van der Waals surface area contributed by atoms with Crippen LogP contribution >= 0.6 is 0 Å². The average Bonchev–Trinajstić information content (AvgIpc) is 2.49. The molecule has 0 bridgehead atoms. The summed E-state index contributed by atoms with van der Waals surface area (Å²) >= 11 is 0. The molecule has 0 unspecified atom stereocenters. The number of Topliss-reactive ketones (excluding diaryl/α,β-unsaturated/α-hetero) is 1. The third kappa shape index (κ3) is 3.86. The van der Waals surface area contributed by atoms with E-state index in [9.17, 15) is 4.79 Å². The third-order valence-corrected chi connectivity index (χ3v) is 2.43. The summed E-state index contributed by atoms with van der Waals surface area (Å²) in [6.07, 6.45) is 5.94. The molecule has 0 aromatic heterocycles. The fourth-order valence-corrected chi connectivity index (χ4v) is 1.64. The minimum absolute atomic E-state index is 0.224. The van der Waals surface area contributed by atoms with Crippen molar-refractivity contribution in [1.29, 1.82) is 0 Å². The summed E-state index contributed by atoms with van der Waals surface area (Å²) < 4.78 is 5.41. The highest BCUT2D eigenvalue weighted by Crippen LogP contribution is 2.24. The van der Waals surface area contributed by atoms with E-state index in [-0.39, 0.29) is 5.78 Å². The van der Waals surface area contributed by atoms with E-state index >= 15 is 0 Å². The maximum atomic E-state index is 10.6. The van der Waals surface area contributed by atoms with Crippen molar-refractivity contribution in [2.24, 2.45) is 5.92 Å². The largest absolute Gasteiger partial charge is 0.381 e. The maximum Gasteiger partial charge on any atom is 0.132 e. The zero-order chi connectivity index (χ0) is 8.81. The summed E-state index contributed by atoms with van der Waals surface area (Å²) in [6.45, 7) is 3.10. The minimum atomic E-state index is 0.224. The van der Waals surface area contributed by atoms with Crippen LogP contribution < -0.4 is 0 Å². The van der Waals surface area contributed by atoms with Gasteiger partial charge in [0.1, 0.15) is 5.78 Å². The zero-order valence-electron chi connectivity index (χ0n) is 7.84. The fraction of sp³-hybridized carbons (Fsp3) is 0.900. The monoisotopic (exact) mass is 170 g/mol. The molecule has 0 heterocycles. The van der Waals surface area contributed by atoms with E-state index in [1.807, 2.05) is 0 Å². The highest BCUT2D eigenvalue weighted by atomic mass is 16.5. The van der Waals surface area contributed by atoms with Crippen molar-refractivity contribution < 1.29 is 9.53 Å². The highest BCUT2D eigenvalue weighted by molar-refractivity contribution is 5.75. The van der Waals surface area contributed by atoms with Gasteiger partial charge < -0.3 is 4.74 Å². The molecule has 1 aliphatic carbocycles. The van der Waals surface area contributed by atoms with E-state index in [1.165, 1.54) is 25.7 Å². The van der Waals surface area contributed by atoms with E-state index in [1.54, 1.807) is 6.92 Å². The average molecular weight is 170 g/mol. The lowest BCUT2D eigenvalue weighted by molar-refractivity contribution is -0.118. The first-order valence-electron chi connectivity index (χ1n) is 4.86. The molecule has 1 fully saturated rings. The molecule has 0 N–H and O–H groups in total. The molecule has 0 saturated heterocycles. The molecule has 0 atom stereocenters. The van der Waals surface area contributed by atoms with Gasteiger partial charge >= 0.3 is 0 Å². The molecule has 1 saturated carbocycles. The van der Waals surface area contributed by atoms with Crippen molar-refractivity contribution in [1.82, 2.24) is 0 Å². The van der Waals surface area contributed by atoms with Crippen LogP contribution in [0.5, 0.6) is 0 Å². The molecule has 2 nitrogen and oxygen atoms in total. The van der Waals surface area contributed by atoms with Gasteiger partial charge in [0.15, 0.2) is 0 Å². The van der Waals surface area contributed by atoms with Crippen LogP contribution in [0.4, 0.5) is 0 Å². The number of hydrogen-bond donors (Lipinski definition) is 0. The van der Waals surface area contributed by atoms with Crippen LogP contribution in [0, 0.1) is 5.92 Å². The normalized spacial score (nSPS) is 18.4. The van der Waals surface area contributed by atoms with Gasteiger partial charge in [-0.15, -0.1) is 0 Å². The number of carbonyl (C=O) groups is 1. The van der Waals surface area contributed by atoms with Crippen LogP contribution in [0.15, 0.2) is 0 Å². The number of carbonyl (C=O) groups excluding carboxylic acids is 1. The van der Waals surface area contributed by atoms with E-state index in [4.69, 9.17) is 4.74 Å². The summed E-state index contributed by atoms with van der Waals surface area (Å²) in [6, 6.07) is 0. The van der Waals surface area contributed by atoms with E-state index in [2.05, 4.69) is 0 Å².